The summed E-state index contributed by atoms with van der Waals surface area (Å²) < 4.78 is 80.7. The smallest absolute Gasteiger partial charge is 0.123 e. The second-order valence-corrected chi connectivity index (χ2v) is 20.2. The van der Waals surface area contributed by atoms with Crippen molar-refractivity contribution in [3.63, 3.8) is 0 Å². The molecule has 0 atom stereocenters. The van der Waals surface area contributed by atoms with Crippen LogP contribution in [0.1, 0.15) is 101 Å². The molecule has 10 rings (SSSR count). The van der Waals surface area contributed by atoms with E-state index < -0.39 is 35.8 Å². The van der Waals surface area contributed by atoms with Crippen LogP contribution in [0.25, 0.3) is 56.0 Å². The molecule has 3 nitrogen and oxygen atoms in total. The first kappa shape index (κ1) is 37.7. The molecule has 0 saturated heterocycles. The molecule has 1 aliphatic rings. The van der Waals surface area contributed by atoms with Gasteiger partial charge in [-0.3, -0.25) is 15.0 Å². The van der Waals surface area contributed by atoms with E-state index in [1.807, 2.05) is 103 Å². The van der Waals surface area contributed by atoms with Gasteiger partial charge in [-0.15, -0.1) is 0 Å². The van der Waals surface area contributed by atoms with E-state index in [4.69, 9.17) is 19.1 Å². The van der Waals surface area contributed by atoms with Crippen LogP contribution in [0.3, 0.4) is 0 Å². The zero-order chi connectivity index (χ0) is 54.0. The van der Waals surface area contributed by atoms with Crippen molar-refractivity contribution >= 4 is 0 Å². The molecule has 3 aromatic heterocycles. The number of benzene rings is 6. The van der Waals surface area contributed by atoms with E-state index in [0.29, 0.717) is 24.1 Å². The Labute approximate surface area is 418 Å². The highest BCUT2D eigenvalue weighted by molar-refractivity contribution is 5.85. The number of nitrogens with zero attached hydrogens (tertiary/aromatic N) is 3. The van der Waals surface area contributed by atoms with Gasteiger partial charge in [-0.25, -0.2) is 4.39 Å². The van der Waals surface area contributed by atoms with Gasteiger partial charge in [-0.2, -0.15) is 0 Å². The fraction of sp³-hybridized carbons (Fsp3) is 0.215. The maximum absolute atomic E-state index is 14.6. The van der Waals surface area contributed by atoms with Gasteiger partial charge in [0, 0.05) is 50.3 Å². The molecule has 0 N–H and O–H groups in total. The Morgan fingerprint density at radius 3 is 1.65 bits per heavy atom. The molecule has 0 aliphatic heterocycles. The third-order valence-corrected chi connectivity index (χ3v) is 14.0. The third-order valence-electron chi connectivity index (χ3n) is 14.0. The zero-order valence-corrected chi connectivity index (χ0v) is 40.0. The van der Waals surface area contributed by atoms with Crippen LogP contribution in [0.2, 0.25) is 0 Å². The second-order valence-electron chi connectivity index (χ2n) is 20.2. The Kier molecular flexibility index (Phi) is 9.99. The fourth-order valence-electron chi connectivity index (χ4n) is 10.1. The van der Waals surface area contributed by atoms with Gasteiger partial charge in [0.2, 0.25) is 0 Å². The summed E-state index contributed by atoms with van der Waals surface area (Å²) in [5.41, 5.74) is 11.3. The van der Waals surface area contributed by atoms with E-state index in [-0.39, 0.29) is 33.6 Å². The van der Waals surface area contributed by atoms with E-state index in [1.165, 1.54) is 18.3 Å². The first-order chi connectivity index (χ1) is 35.9. The van der Waals surface area contributed by atoms with Gasteiger partial charge in [0.1, 0.15) is 5.82 Å². The minimum atomic E-state index is -2.78. The number of halogens is 1. The lowest BCUT2D eigenvalue weighted by atomic mass is 9.77. The number of aromatic nitrogens is 3. The summed E-state index contributed by atoms with van der Waals surface area (Å²) in [5.74, 6) is -0.315. The molecule has 3 heterocycles. The molecule has 0 unspecified atom stereocenters. The van der Waals surface area contributed by atoms with Crippen molar-refractivity contribution in [1.29, 1.82) is 0 Å². The van der Waals surface area contributed by atoms with Crippen LogP contribution < -0.4 is 0 Å². The average molecular weight is 909 g/mol. The normalized spacial score (nSPS) is 15.1. The molecule has 0 amide bonds. The van der Waals surface area contributed by atoms with Crippen LogP contribution in [-0.4, -0.2) is 15.0 Å². The first-order valence-corrected chi connectivity index (χ1v) is 23.7. The van der Waals surface area contributed by atoms with Crippen molar-refractivity contribution in [1.82, 2.24) is 15.0 Å². The predicted octanol–water partition coefficient (Wildman–Crippen LogP) is 16.1. The minimum absolute atomic E-state index is 0.00254. The topological polar surface area (TPSA) is 38.7 Å². The van der Waals surface area contributed by atoms with Gasteiger partial charge in [0.05, 0.1) is 17.1 Å². The van der Waals surface area contributed by atoms with Gasteiger partial charge < -0.3 is 0 Å². The van der Waals surface area contributed by atoms with Crippen molar-refractivity contribution in [3.05, 3.63) is 244 Å². The minimum Gasteiger partial charge on any atom is -0.256 e. The van der Waals surface area contributed by atoms with Crippen LogP contribution in [0.4, 0.5) is 4.39 Å². The highest BCUT2D eigenvalue weighted by Crippen LogP contribution is 2.50. The van der Waals surface area contributed by atoms with E-state index >= 15 is 0 Å². The van der Waals surface area contributed by atoms with Crippen molar-refractivity contribution in [2.75, 3.05) is 0 Å². The molecule has 9 aromatic rings. The lowest BCUT2D eigenvalue weighted by Gasteiger charge is -2.28. The van der Waals surface area contributed by atoms with Crippen molar-refractivity contribution in [3.8, 4) is 56.0 Å². The summed E-state index contributed by atoms with van der Waals surface area (Å²) in [7, 11) is 0. The summed E-state index contributed by atoms with van der Waals surface area (Å²) in [6.07, 6.45) is 0.660. The van der Waals surface area contributed by atoms with Crippen LogP contribution in [-0.2, 0) is 41.8 Å². The van der Waals surface area contributed by atoms with Gasteiger partial charge in [0.25, 0.3) is 0 Å². The van der Waals surface area contributed by atoms with Crippen molar-refractivity contribution < 1.29 is 14.0 Å². The maximum atomic E-state index is 14.6. The quantitative estimate of drug-likeness (QED) is 0.116. The molecule has 0 bridgehead atoms. The third kappa shape index (κ3) is 9.33. The monoisotopic (exact) mass is 909 g/mol. The number of hydrogen-bond acceptors (Lipinski definition) is 3. The van der Waals surface area contributed by atoms with Gasteiger partial charge >= 0.3 is 0 Å². The average Bonchev–Trinajstić information content (AvgIpc) is 3.77. The van der Waals surface area contributed by atoms with Crippen LogP contribution in [0, 0.1) is 12.7 Å². The Balaban J connectivity index is 1.08. The van der Waals surface area contributed by atoms with Crippen molar-refractivity contribution in [2.24, 2.45) is 0 Å². The lowest BCUT2D eigenvalue weighted by Crippen LogP contribution is -2.23. The molecule has 0 radical (unpaired) electrons. The van der Waals surface area contributed by atoms with Crippen LogP contribution in [0.5, 0.6) is 0 Å². The zero-order valence-electron chi connectivity index (χ0n) is 47.0. The van der Waals surface area contributed by atoms with E-state index in [0.717, 1.165) is 67.0 Å². The molecule has 0 saturated carbocycles. The Bertz CT molecular complexity index is 3490. The van der Waals surface area contributed by atoms with E-state index in [9.17, 15) is 9.87 Å². The van der Waals surface area contributed by atoms with Gasteiger partial charge in [-0.1, -0.05) is 175 Å². The predicted molar refractivity (Wildman–Crippen MR) is 284 cm³/mol. The summed E-state index contributed by atoms with van der Waals surface area (Å²) in [4.78, 5) is 14.6. The summed E-state index contributed by atoms with van der Waals surface area (Å²) in [5, 5.41) is 0. The fourth-order valence-corrected chi connectivity index (χ4v) is 10.1. The Hall–Kier alpha value is -7.30. The van der Waals surface area contributed by atoms with Gasteiger partial charge in [0.15, 0.2) is 0 Å². The number of pyridine rings is 3. The molecule has 0 spiro atoms. The van der Waals surface area contributed by atoms with Gasteiger partial charge in [-0.05, 0) is 152 Å². The molecule has 0 fully saturated rings. The standard InChI is InChI=1S/C65H60FN3/c1-43-16-14-15-21-54(43)56-37-62(49-24-29-58-57(35-49)55-28-27-53(66)36-59(55)65(58,6)7)67-40-50(56)23-22-44-32-45(38-63(2,3)51-25-30-60(68-41-51)47-17-10-8-11-18-47)34-46(33-44)39-64(4,5)52-26-31-61(69-42-52)48-19-12-9-13-20-48/h8-21,24-37,40-42H,22-23,38-39H2,1-7H3/i1D3,22D2,23D2. The Morgan fingerprint density at radius 1 is 0.478 bits per heavy atom. The van der Waals surface area contributed by atoms with E-state index in [2.05, 4.69) is 59.7 Å². The SMILES string of the molecule is [2H]C([2H])([2H])c1ccccc1-c1cc(-c2ccc3c(c2)-c2ccc(F)cc2C3(C)C)ncc1C([2H])([2H])C([2H])([2H])c1cc(CC(C)(C)c2ccc(-c3ccccc3)nc2)cc(CC(C)(C)c2ccc(-c3ccccc3)nc2)c1. The molecule has 342 valence electrons. The molecular formula is C65H60FN3. The highest BCUT2D eigenvalue weighted by Gasteiger charge is 2.36. The maximum Gasteiger partial charge on any atom is 0.123 e. The van der Waals surface area contributed by atoms with Crippen LogP contribution in [0.15, 0.2) is 188 Å². The largest absolute Gasteiger partial charge is 0.256 e. The molecule has 1 aliphatic carbocycles. The summed E-state index contributed by atoms with van der Waals surface area (Å²) >= 11 is 0. The van der Waals surface area contributed by atoms with Crippen molar-refractivity contribution in [2.45, 2.75) is 90.2 Å². The summed E-state index contributed by atoms with van der Waals surface area (Å²) in [6, 6.07) is 52.8. The number of aryl methyl sites for hydroxylation is 3. The molecule has 4 heteroatoms. The van der Waals surface area contributed by atoms with Crippen LogP contribution >= 0.6 is 0 Å². The second kappa shape index (κ2) is 18.3. The number of fused-ring (bicyclic) bond motifs is 3. The molecular weight excluding hydrogens is 842 g/mol. The first-order valence-electron chi connectivity index (χ1n) is 27.2. The molecule has 69 heavy (non-hydrogen) atoms. The number of hydrogen-bond donors (Lipinski definition) is 0. The molecule has 6 aromatic carbocycles. The summed E-state index contributed by atoms with van der Waals surface area (Å²) in [6.45, 7) is 10.1. The Morgan fingerprint density at radius 2 is 1.06 bits per heavy atom. The van der Waals surface area contributed by atoms with E-state index in [1.54, 1.807) is 48.5 Å². The lowest BCUT2D eigenvalue weighted by molar-refractivity contribution is 0.512. The number of rotatable bonds is 13. The highest BCUT2D eigenvalue weighted by atomic mass is 19.1.